The van der Waals surface area contributed by atoms with Crippen molar-refractivity contribution >= 4 is 17.6 Å². The summed E-state index contributed by atoms with van der Waals surface area (Å²) in [5, 5.41) is 9.01. The Kier molecular flexibility index (Phi) is 3.44. The molecule has 118 valence electrons. The summed E-state index contributed by atoms with van der Waals surface area (Å²) in [5.74, 6) is -1.84. The van der Waals surface area contributed by atoms with Gasteiger partial charge in [0.1, 0.15) is 0 Å². The highest BCUT2D eigenvalue weighted by atomic mass is 19.1. The molecule has 2 fully saturated rings. The quantitative estimate of drug-likeness (QED) is 0.903. The zero-order valence-electron chi connectivity index (χ0n) is 12.7. The van der Waals surface area contributed by atoms with Crippen LogP contribution in [0.25, 0.3) is 0 Å². The van der Waals surface area contributed by atoms with Gasteiger partial charge in [-0.15, -0.1) is 0 Å². The molecule has 0 bridgehead atoms. The Bertz CT molecular complexity index is 648. The van der Waals surface area contributed by atoms with Crippen LogP contribution in [-0.2, 0) is 4.79 Å². The second-order valence-corrected chi connectivity index (χ2v) is 6.29. The van der Waals surface area contributed by atoms with Gasteiger partial charge in [0.2, 0.25) is 0 Å². The zero-order valence-corrected chi connectivity index (χ0v) is 12.7. The summed E-state index contributed by atoms with van der Waals surface area (Å²) >= 11 is 0. The number of benzene rings is 1. The molecule has 6 heteroatoms. The molecule has 2 aliphatic rings. The minimum absolute atomic E-state index is 0.167. The Labute approximate surface area is 128 Å². The number of aryl methyl sites for hydroxylation is 1. The van der Waals surface area contributed by atoms with Crippen molar-refractivity contribution in [1.29, 1.82) is 0 Å². The summed E-state index contributed by atoms with van der Waals surface area (Å²) in [7, 11) is 1.93. The summed E-state index contributed by atoms with van der Waals surface area (Å²) in [6, 6.07) is 4.57. The molecule has 5 nitrogen and oxygen atoms in total. The minimum Gasteiger partial charge on any atom is -0.478 e. The molecule has 1 amide bonds. The Hall–Kier alpha value is -1.95. The van der Waals surface area contributed by atoms with Gasteiger partial charge < -0.3 is 14.9 Å². The van der Waals surface area contributed by atoms with E-state index in [2.05, 4.69) is 0 Å². The van der Waals surface area contributed by atoms with Gasteiger partial charge in [-0.1, -0.05) is 0 Å². The molecule has 1 aromatic carbocycles. The van der Waals surface area contributed by atoms with Crippen LogP contribution in [0.3, 0.4) is 0 Å². The van der Waals surface area contributed by atoms with Gasteiger partial charge in [0, 0.05) is 37.7 Å². The maximum atomic E-state index is 15.1. The Balaban J connectivity index is 1.93. The average molecular weight is 306 g/mol. The van der Waals surface area contributed by atoms with E-state index in [1.54, 1.807) is 13.0 Å². The fraction of sp³-hybridized carbons (Fsp3) is 0.500. The lowest BCUT2D eigenvalue weighted by molar-refractivity contribution is -0.131. The standard InChI is InChI=1S/C16H19FN2O3/c1-10-7-11(14(20)21)3-4-13(10)19-9-12-8-18(2)6-5-16(12,17)15(19)22/h3-4,7,12H,5-6,8-9H2,1-2H3,(H,20,21)/t12-,16+/m0/s1. The average Bonchev–Trinajstić information content (AvgIpc) is 2.71. The number of hydrogen-bond donors (Lipinski definition) is 1. The monoisotopic (exact) mass is 306 g/mol. The van der Waals surface area contributed by atoms with Crippen molar-refractivity contribution < 1.29 is 19.1 Å². The van der Waals surface area contributed by atoms with Crippen molar-refractivity contribution in [3.05, 3.63) is 29.3 Å². The van der Waals surface area contributed by atoms with Crippen LogP contribution in [0.5, 0.6) is 0 Å². The number of nitrogens with zero attached hydrogens (tertiary/aromatic N) is 2. The first-order chi connectivity index (χ1) is 10.3. The van der Waals surface area contributed by atoms with Crippen LogP contribution in [-0.4, -0.2) is 54.2 Å². The van der Waals surface area contributed by atoms with Crippen molar-refractivity contribution in [2.24, 2.45) is 5.92 Å². The number of alkyl halides is 1. The predicted molar refractivity (Wildman–Crippen MR) is 79.9 cm³/mol. The smallest absolute Gasteiger partial charge is 0.335 e. The predicted octanol–water partition coefficient (Wildman–Crippen LogP) is 1.70. The van der Waals surface area contributed by atoms with Crippen molar-refractivity contribution in [3.8, 4) is 0 Å². The van der Waals surface area contributed by atoms with E-state index in [1.165, 1.54) is 17.0 Å². The molecule has 1 aromatic rings. The van der Waals surface area contributed by atoms with Crippen molar-refractivity contribution in [2.45, 2.75) is 19.0 Å². The Morgan fingerprint density at radius 1 is 1.41 bits per heavy atom. The Morgan fingerprint density at radius 3 is 2.77 bits per heavy atom. The molecule has 2 saturated heterocycles. The number of halogens is 1. The number of rotatable bonds is 2. The second kappa shape index (κ2) is 5.05. The van der Waals surface area contributed by atoms with E-state index >= 15 is 4.39 Å². The molecular weight excluding hydrogens is 287 g/mol. The number of fused-ring (bicyclic) bond motifs is 1. The highest BCUT2D eigenvalue weighted by Gasteiger charge is 2.57. The van der Waals surface area contributed by atoms with Gasteiger partial charge in [-0.05, 0) is 37.7 Å². The first kappa shape index (κ1) is 15.0. The molecule has 1 N–H and O–H groups in total. The van der Waals surface area contributed by atoms with E-state index in [4.69, 9.17) is 5.11 Å². The molecule has 0 aromatic heterocycles. The van der Waals surface area contributed by atoms with Gasteiger partial charge in [0.15, 0.2) is 5.67 Å². The molecule has 0 radical (unpaired) electrons. The van der Waals surface area contributed by atoms with Gasteiger partial charge in [0.25, 0.3) is 5.91 Å². The van der Waals surface area contributed by atoms with Gasteiger partial charge in [-0.25, -0.2) is 9.18 Å². The maximum Gasteiger partial charge on any atom is 0.335 e. The van der Waals surface area contributed by atoms with Crippen LogP contribution in [0.1, 0.15) is 22.3 Å². The minimum atomic E-state index is -1.79. The molecule has 2 aliphatic heterocycles. The number of piperidine rings is 1. The van der Waals surface area contributed by atoms with E-state index in [0.29, 0.717) is 30.9 Å². The lowest BCUT2D eigenvalue weighted by Gasteiger charge is -2.34. The Morgan fingerprint density at radius 2 is 2.14 bits per heavy atom. The largest absolute Gasteiger partial charge is 0.478 e. The van der Waals surface area contributed by atoms with Gasteiger partial charge in [-0.3, -0.25) is 4.79 Å². The van der Waals surface area contributed by atoms with Gasteiger partial charge in [-0.2, -0.15) is 0 Å². The van der Waals surface area contributed by atoms with Crippen LogP contribution in [0, 0.1) is 12.8 Å². The van der Waals surface area contributed by atoms with Gasteiger partial charge >= 0.3 is 5.97 Å². The third-order valence-corrected chi connectivity index (χ3v) is 4.77. The molecule has 0 spiro atoms. The summed E-state index contributed by atoms with van der Waals surface area (Å²) in [5.41, 5.74) is -0.349. The molecule has 3 rings (SSSR count). The number of carboxylic acids is 1. The molecule has 0 saturated carbocycles. The van der Waals surface area contributed by atoms with Crippen molar-refractivity contribution in [2.75, 3.05) is 31.6 Å². The van der Waals surface area contributed by atoms with E-state index in [1.807, 2.05) is 11.9 Å². The number of carbonyl (C=O) groups is 2. The van der Waals surface area contributed by atoms with E-state index in [-0.39, 0.29) is 17.9 Å². The normalized spacial score (nSPS) is 28.8. The highest BCUT2D eigenvalue weighted by Crippen LogP contribution is 2.41. The number of carboxylic acid groups (broad SMARTS) is 1. The summed E-state index contributed by atoms with van der Waals surface area (Å²) in [6.45, 7) is 3.22. The SMILES string of the molecule is Cc1cc(C(=O)O)ccc1N1C[C@@H]2CN(C)CC[C@]2(F)C1=O. The first-order valence-electron chi connectivity index (χ1n) is 7.36. The summed E-state index contributed by atoms with van der Waals surface area (Å²) < 4.78 is 15.1. The lowest BCUT2D eigenvalue weighted by Crippen LogP contribution is -2.49. The van der Waals surface area contributed by atoms with Crippen LogP contribution in [0.2, 0.25) is 0 Å². The van der Waals surface area contributed by atoms with Crippen molar-refractivity contribution in [1.82, 2.24) is 4.90 Å². The van der Waals surface area contributed by atoms with E-state index in [0.717, 1.165) is 0 Å². The maximum absolute atomic E-state index is 15.1. The number of anilines is 1. The molecule has 2 atom stereocenters. The number of hydrogen-bond acceptors (Lipinski definition) is 3. The molecule has 22 heavy (non-hydrogen) atoms. The third-order valence-electron chi connectivity index (χ3n) is 4.77. The highest BCUT2D eigenvalue weighted by molar-refractivity contribution is 6.03. The van der Waals surface area contributed by atoms with Crippen LogP contribution in [0.15, 0.2) is 18.2 Å². The summed E-state index contributed by atoms with van der Waals surface area (Å²) in [4.78, 5) is 27.1. The molecule has 0 unspecified atom stereocenters. The molecular formula is C16H19FN2O3. The fourth-order valence-electron chi connectivity index (χ4n) is 3.48. The van der Waals surface area contributed by atoms with E-state index < -0.39 is 17.5 Å². The molecule has 0 aliphatic carbocycles. The molecule has 2 heterocycles. The van der Waals surface area contributed by atoms with Crippen LogP contribution >= 0.6 is 0 Å². The second-order valence-electron chi connectivity index (χ2n) is 6.29. The first-order valence-corrected chi connectivity index (χ1v) is 7.36. The lowest BCUT2D eigenvalue weighted by atomic mass is 9.85. The van der Waals surface area contributed by atoms with Crippen LogP contribution < -0.4 is 4.90 Å². The number of carbonyl (C=O) groups excluding carboxylic acids is 1. The zero-order chi connectivity index (χ0) is 16.1. The number of aromatic carboxylic acids is 1. The van der Waals surface area contributed by atoms with Crippen molar-refractivity contribution in [3.63, 3.8) is 0 Å². The third kappa shape index (κ3) is 2.18. The number of amides is 1. The van der Waals surface area contributed by atoms with E-state index in [9.17, 15) is 9.59 Å². The topological polar surface area (TPSA) is 60.9 Å². The summed E-state index contributed by atoms with van der Waals surface area (Å²) in [6.07, 6.45) is 0.218. The van der Waals surface area contributed by atoms with Gasteiger partial charge in [0.05, 0.1) is 5.56 Å². The fourth-order valence-corrected chi connectivity index (χ4v) is 3.48. The number of likely N-dealkylation sites (tertiary alicyclic amines) is 1. The van der Waals surface area contributed by atoms with Crippen LogP contribution in [0.4, 0.5) is 10.1 Å².